The van der Waals surface area contributed by atoms with E-state index in [4.69, 9.17) is 5.73 Å². The van der Waals surface area contributed by atoms with Gasteiger partial charge in [0.1, 0.15) is 5.82 Å². The number of nitrogens with two attached hydrogens (primary N) is 1. The second-order valence-electron chi connectivity index (χ2n) is 5.52. The van der Waals surface area contributed by atoms with Crippen molar-refractivity contribution in [2.24, 2.45) is 11.7 Å². The highest BCUT2D eigenvalue weighted by atomic mass is 79.9. The number of likely N-dealkylation sites (tertiary alicyclic amines) is 1. The van der Waals surface area contributed by atoms with Crippen molar-refractivity contribution in [1.82, 2.24) is 19.4 Å². The van der Waals surface area contributed by atoms with E-state index in [9.17, 15) is 0 Å². The number of hydrogen-bond donors (Lipinski definition) is 1. The SMILES string of the molecule is Cc1nc2ncc(Br)cc2n1CCCN1CC(CN)C1. The monoisotopic (exact) mass is 337 g/mol. The van der Waals surface area contributed by atoms with Gasteiger partial charge in [0.25, 0.3) is 0 Å². The van der Waals surface area contributed by atoms with Gasteiger partial charge in [-0.1, -0.05) is 0 Å². The molecule has 0 aromatic carbocycles. The molecule has 5 nitrogen and oxygen atoms in total. The quantitative estimate of drug-likeness (QED) is 0.903. The standard InChI is InChI=1S/C14H20BrN5/c1-10-18-14-13(5-12(15)7-17-14)20(10)4-2-3-19-8-11(6-16)9-19/h5,7,11H,2-4,6,8-9,16H2,1H3. The molecule has 0 unspecified atom stereocenters. The molecule has 0 aliphatic carbocycles. The Labute approximate surface area is 127 Å². The van der Waals surface area contributed by atoms with Crippen molar-refractivity contribution in [3.05, 3.63) is 22.6 Å². The normalized spacial score (nSPS) is 16.8. The Morgan fingerprint density at radius 1 is 1.40 bits per heavy atom. The van der Waals surface area contributed by atoms with Crippen LogP contribution in [0.25, 0.3) is 11.2 Å². The predicted molar refractivity (Wildman–Crippen MR) is 83.6 cm³/mol. The number of fused-ring (bicyclic) bond motifs is 1. The summed E-state index contributed by atoms with van der Waals surface area (Å²) in [6.45, 7) is 7.31. The summed E-state index contributed by atoms with van der Waals surface area (Å²) in [5.41, 5.74) is 7.59. The molecule has 3 heterocycles. The summed E-state index contributed by atoms with van der Waals surface area (Å²) < 4.78 is 3.26. The lowest BCUT2D eigenvalue weighted by Gasteiger charge is -2.38. The van der Waals surface area contributed by atoms with Crippen molar-refractivity contribution in [3.63, 3.8) is 0 Å². The molecule has 108 valence electrons. The summed E-state index contributed by atoms with van der Waals surface area (Å²) in [5, 5.41) is 0. The number of rotatable bonds is 5. The first-order valence-electron chi connectivity index (χ1n) is 7.08. The number of hydrogen-bond acceptors (Lipinski definition) is 4. The maximum absolute atomic E-state index is 5.65. The minimum absolute atomic E-state index is 0.714. The zero-order valence-electron chi connectivity index (χ0n) is 11.7. The zero-order chi connectivity index (χ0) is 14.1. The van der Waals surface area contributed by atoms with Crippen LogP contribution < -0.4 is 5.73 Å². The van der Waals surface area contributed by atoms with Crippen molar-refractivity contribution in [1.29, 1.82) is 0 Å². The average Bonchev–Trinajstić information content (AvgIpc) is 2.68. The van der Waals surface area contributed by atoms with E-state index in [1.807, 2.05) is 6.92 Å². The molecule has 0 bridgehead atoms. The van der Waals surface area contributed by atoms with Crippen LogP contribution >= 0.6 is 15.9 Å². The Bertz CT molecular complexity index is 603. The zero-order valence-corrected chi connectivity index (χ0v) is 13.3. The van der Waals surface area contributed by atoms with E-state index in [1.54, 1.807) is 6.20 Å². The molecule has 0 radical (unpaired) electrons. The van der Waals surface area contributed by atoms with Crippen LogP contribution in [-0.2, 0) is 6.54 Å². The van der Waals surface area contributed by atoms with Crippen molar-refractivity contribution >= 4 is 27.1 Å². The van der Waals surface area contributed by atoms with E-state index in [-0.39, 0.29) is 0 Å². The number of aryl methyl sites for hydroxylation is 2. The van der Waals surface area contributed by atoms with Gasteiger partial charge in [-0.2, -0.15) is 0 Å². The van der Waals surface area contributed by atoms with Gasteiger partial charge in [0.15, 0.2) is 5.65 Å². The molecule has 2 aromatic rings. The molecule has 0 atom stereocenters. The molecule has 1 aliphatic heterocycles. The van der Waals surface area contributed by atoms with E-state index >= 15 is 0 Å². The topological polar surface area (TPSA) is 60.0 Å². The molecule has 1 aliphatic rings. The summed E-state index contributed by atoms with van der Waals surface area (Å²) in [5.74, 6) is 1.75. The molecule has 3 rings (SSSR count). The van der Waals surface area contributed by atoms with Gasteiger partial charge in [0.05, 0.1) is 5.52 Å². The van der Waals surface area contributed by atoms with Gasteiger partial charge in [0, 0.05) is 30.3 Å². The third kappa shape index (κ3) is 2.73. The molecule has 20 heavy (non-hydrogen) atoms. The van der Waals surface area contributed by atoms with Crippen molar-refractivity contribution in [2.75, 3.05) is 26.2 Å². The van der Waals surface area contributed by atoms with E-state index < -0.39 is 0 Å². The fourth-order valence-corrected chi connectivity index (χ4v) is 3.16. The molecule has 0 spiro atoms. The first kappa shape index (κ1) is 14.0. The van der Waals surface area contributed by atoms with E-state index in [1.165, 1.54) is 0 Å². The minimum atomic E-state index is 0.714. The smallest absolute Gasteiger partial charge is 0.177 e. The second-order valence-corrected chi connectivity index (χ2v) is 6.44. The summed E-state index contributed by atoms with van der Waals surface area (Å²) in [6.07, 6.45) is 2.93. The minimum Gasteiger partial charge on any atom is -0.330 e. The Morgan fingerprint density at radius 2 is 2.20 bits per heavy atom. The molecular weight excluding hydrogens is 318 g/mol. The lowest BCUT2D eigenvalue weighted by molar-refractivity contribution is 0.103. The van der Waals surface area contributed by atoms with Crippen LogP contribution in [0.1, 0.15) is 12.2 Å². The van der Waals surface area contributed by atoms with Gasteiger partial charge in [0.2, 0.25) is 0 Å². The van der Waals surface area contributed by atoms with Crippen LogP contribution in [-0.4, -0.2) is 45.6 Å². The third-order valence-electron chi connectivity index (χ3n) is 3.99. The van der Waals surface area contributed by atoms with Gasteiger partial charge in [-0.05, 0) is 54.3 Å². The van der Waals surface area contributed by atoms with Gasteiger partial charge in [-0.3, -0.25) is 0 Å². The molecule has 6 heteroatoms. The lowest BCUT2D eigenvalue weighted by atomic mass is 10.0. The highest BCUT2D eigenvalue weighted by molar-refractivity contribution is 9.10. The maximum atomic E-state index is 5.65. The first-order valence-corrected chi connectivity index (χ1v) is 7.87. The van der Waals surface area contributed by atoms with Gasteiger partial charge < -0.3 is 15.2 Å². The fraction of sp³-hybridized carbons (Fsp3) is 0.571. The number of nitrogens with zero attached hydrogens (tertiary/aromatic N) is 4. The van der Waals surface area contributed by atoms with Gasteiger partial charge in [-0.25, -0.2) is 9.97 Å². The molecule has 2 N–H and O–H groups in total. The molecular formula is C14H20BrN5. The summed E-state index contributed by atoms with van der Waals surface area (Å²) in [7, 11) is 0. The summed E-state index contributed by atoms with van der Waals surface area (Å²) >= 11 is 3.48. The summed E-state index contributed by atoms with van der Waals surface area (Å²) in [6, 6.07) is 2.09. The average molecular weight is 338 g/mol. The van der Waals surface area contributed by atoms with Crippen molar-refractivity contribution in [2.45, 2.75) is 19.9 Å². The Kier molecular flexibility index (Phi) is 4.05. The molecule has 0 saturated carbocycles. The number of aromatic nitrogens is 3. The van der Waals surface area contributed by atoms with Crippen LogP contribution in [0.4, 0.5) is 0 Å². The van der Waals surface area contributed by atoms with Crippen LogP contribution in [0.5, 0.6) is 0 Å². The van der Waals surface area contributed by atoms with E-state index in [0.717, 1.165) is 60.6 Å². The van der Waals surface area contributed by atoms with Crippen molar-refractivity contribution in [3.8, 4) is 0 Å². The van der Waals surface area contributed by atoms with Gasteiger partial charge >= 0.3 is 0 Å². The largest absolute Gasteiger partial charge is 0.330 e. The van der Waals surface area contributed by atoms with E-state index in [2.05, 4.69) is 41.4 Å². The fourth-order valence-electron chi connectivity index (χ4n) is 2.84. The number of pyridine rings is 1. The number of imidazole rings is 1. The van der Waals surface area contributed by atoms with Crippen LogP contribution in [0, 0.1) is 12.8 Å². The van der Waals surface area contributed by atoms with Gasteiger partial charge in [-0.15, -0.1) is 0 Å². The predicted octanol–water partition coefficient (Wildman–Crippen LogP) is 1.78. The Hall–Kier alpha value is -0.980. The second kappa shape index (κ2) is 5.79. The Balaban J connectivity index is 1.62. The van der Waals surface area contributed by atoms with Crippen LogP contribution in [0.2, 0.25) is 0 Å². The van der Waals surface area contributed by atoms with Crippen LogP contribution in [0.15, 0.2) is 16.7 Å². The first-order chi connectivity index (χ1) is 9.67. The Morgan fingerprint density at radius 3 is 2.95 bits per heavy atom. The van der Waals surface area contributed by atoms with E-state index in [0.29, 0.717) is 5.92 Å². The highest BCUT2D eigenvalue weighted by Crippen LogP contribution is 2.19. The highest BCUT2D eigenvalue weighted by Gasteiger charge is 2.24. The van der Waals surface area contributed by atoms with Crippen LogP contribution in [0.3, 0.4) is 0 Å². The molecule has 1 saturated heterocycles. The van der Waals surface area contributed by atoms with Crippen molar-refractivity contribution < 1.29 is 0 Å². The third-order valence-corrected chi connectivity index (χ3v) is 4.42. The number of halogens is 1. The molecule has 2 aromatic heterocycles. The summed E-state index contributed by atoms with van der Waals surface area (Å²) in [4.78, 5) is 11.3. The maximum Gasteiger partial charge on any atom is 0.177 e. The molecule has 1 fully saturated rings. The lowest BCUT2D eigenvalue weighted by Crippen LogP contribution is -2.50. The molecule has 0 amide bonds.